The smallest absolute Gasteiger partial charge is 0.258 e. The maximum absolute atomic E-state index is 14.3. The summed E-state index contributed by atoms with van der Waals surface area (Å²) < 4.78 is 14.3. The maximum Gasteiger partial charge on any atom is 0.258 e. The maximum atomic E-state index is 14.3. The van der Waals surface area contributed by atoms with Gasteiger partial charge in [-0.1, -0.05) is 35.0 Å². The van der Waals surface area contributed by atoms with Crippen LogP contribution in [0.2, 0.25) is 5.02 Å². The van der Waals surface area contributed by atoms with E-state index >= 15 is 0 Å². The minimum absolute atomic E-state index is 0.113. The summed E-state index contributed by atoms with van der Waals surface area (Å²) >= 11 is 5.77. The number of oxime groups is 1. The topological polar surface area (TPSA) is 130 Å². The molecule has 3 rings (SSSR count). The summed E-state index contributed by atoms with van der Waals surface area (Å²) in [7, 11) is 0. The number of nitrogens with two attached hydrogens (primary N) is 1. The molecule has 1 heterocycles. The summed E-state index contributed by atoms with van der Waals surface area (Å²) in [6.07, 6.45) is 1.38. The fraction of sp³-hybridized carbons (Fsp3) is 0. The quantitative estimate of drug-likeness (QED) is 0.214. The predicted molar refractivity (Wildman–Crippen MR) is 111 cm³/mol. The summed E-state index contributed by atoms with van der Waals surface area (Å²) in [5.74, 6) is -2.19. The van der Waals surface area contributed by atoms with Crippen LogP contribution in [0.3, 0.4) is 0 Å². The highest BCUT2D eigenvalue weighted by atomic mass is 35.5. The molecule has 0 saturated carbocycles. The molecule has 30 heavy (non-hydrogen) atoms. The third-order valence-electron chi connectivity index (χ3n) is 4.01. The Morgan fingerprint density at radius 3 is 2.43 bits per heavy atom. The van der Waals surface area contributed by atoms with Crippen LogP contribution in [0.1, 0.15) is 26.3 Å². The molecule has 1 aromatic heterocycles. The molecule has 8 nitrogen and oxygen atoms in total. The van der Waals surface area contributed by atoms with Gasteiger partial charge in [0.2, 0.25) is 0 Å². The Balaban J connectivity index is 1.81. The SMILES string of the molecule is NC(=NO)c1ccc(C(=O)Nc2ccccc2C(=O)Nc2ccc(Cl)cn2)c(F)c1. The molecular formula is C20H15ClFN5O3. The standard InChI is InChI=1S/C20H15ClFN5O3/c21-12-6-8-17(24-10-12)26-20(29)14-3-1-2-4-16(14)25-19(28)13-7-5-11(9-15(13)22)18(23)27-30/h1-10,30H,(H2,23,27)(H,25,28)(H,24,26,29). The van der Waals surface area contributed by atoms with Gasteiger partial charge >= 0.3 is 0 Å². The first-order valence-corrected chi connectivity index (χ1v) is 8.87. The molecule has 2 amide bonds. The number of nitrogens with one attached hydrogen (secondary N) is 2. The number of carbonyl (C=O) groups is 2. The summed E-state index contributed by atoms with van der Waals surface area (Å²) in [6, 6.07) is 12.8. The molecule has 3 aromatic rings. The van der Waals surface area contributed by atoms with Gasteiger partial charge in [-0.3, -0.25) is 9.59 Å². The van der Waals surface area contributed by atoms with E-state index in [0.717, 1.165) is 6.07 Å². The lowest BCUT2D eigenvalue weighted by molar-refractivity contribution is 0.102. The van der Waals surface area contributed by atoms with Crippen molar-refractivity contribution in [2.45, 2.75) is 0 Å². The minimum atomic E-state index is -0.871. The van der Waals surface area contributed by atoms with Crippen molar-refractivity contribution in [2.75, 3.05) is 10.6 Å². The minimum Gasteiger partial charge on any atom is -0.409 e. The molecule has 5 N–H and O–H groups in total. The Morgan fingerprint density at radius 2 is 1.77 bits per heavy atom. The third-order valence-corrected chi connectivity index (χ3v) is 4.23. The molecule has 152 valence electrons. The molecule has 2 aromatic carbocycles. The van der Waals surface area contributed by atoms with E-state index in [1.54, 1.807) is 18.2 Å². The molecule has 0 aliphatic heterocycles. The molecule has 0 fully saturated rings. The molecule has 0 saturated heterocycles. The number of benzene rings is 2. The van der Waals surface area contributed by atoms with E-state index in [0.29, 0.717) is 5.02 Å². The van der Waals surface area contributed by atoms with Gasteiger partial charge in [0.1, 0.15) is 11.6 Å². The number of para-hydroxylation sites is 1. The van der Waals surface area contributed by atoms with E-state index in [9.17, 15) is 14.0 Å². The van der Waals surface area contributed by atoms with Gasteiger partial charge in [0, 0.05) is 11.8 Å². The molecule has 0 spiro atoms. The lowest BCUT2D eigenvalue weighted by Crippen LogP contribution is -2.20. The highest BCUT2D eigenvalue weighted by Crippen LogP contribution is 2.20. The molecule has 0 unspecified atom stereocenters. The second-order valence-electron chi connectivity index (χ2n) is 6.00. The van der Waals surface area contributed by atoms with Crippen molar-refractivity contribution in [3.05, 3.63) is 88.3 Å². The largest absolute Gasteiger partial charge is 0.409 e. The Kier molecular flexibility index (Phi) is 6.23. The van der Waals surface area contributed by atoms with Crippen LogP contribution in [0.15, 0.2) is 65.9 Å². The second kappa shape index (κ2) is 9.01. The number of amides is 2. The monoisotopic (exact) mass is 427 g/mol. The van der Waals surface area contributed by atoms with E-state index in [4.69, 9.17) is 22.5 Å². The van der Waals surface area contributed by atoms with E-state index in [-0.39, 0.29) is 34.0 Å². The Morgan fingerprint density at radius 1 is 1.03 bits per heavy atom. The Hall–Kier alpha value is -3.98. The van der Waals surface area contributed by atoms with Gasteiger partial charge in [0.25, 0.3) is 11.8 Å². The first kappa shape index (κ1) is 20.7. The average Bonchev–Trinajstić information content (AvgIpc) is 2.74. The molecular weight excluding hydrogens is 413 g/mol. The van der Waals surface area contributed by atoms with Crippen molar-refractivity contribution in [3.63, 3.8) is 0 Å². The van der Waals surface area contributed by atoms with Crippen molar-refractivity contribution in [3.8, 4) is 0 Å². The number of hydrogen-bond donors (Lipinski definition) is 4. The normalized spacial score (nSPS) is 11.1. The summed E-state index contributed by atoms with van der Waals surface area (Å²) in [5, 5.41) is 17.0. The van der Waals surface area contributed by atoms with Crippen LogP contribution in [0.4, 0.5) is 15.9 Å². The molecule has 10 heteroatoms. The first-order chi connectivity index (χ1) is 14.4. The lowest BCUT2D eigenvalue weighted by atomic mass is 10.1. The molecule has 0 radical (unpaired) electrons. The van der Waals surface area contributed by atoms with Gasteiger partial charge in [0.05, 0.1) is 21.8 Å². The Bertz CT molecular complexity index is 1140. The van der Waals surface area contributed by atoms with Crippen molar-refractivity contribution in [1.29, 1.82) is 0 Å². The Labute approximate surface area is 175 Å². The summed E-state index contributed by atoms with van der Waals surface area (Å²) in [5.41, 5.74) is 5.57. The summed E-state index contributed by atoms with van der Waals surface area (Å²) in [4.78, 5) is 29.1. The zero-order valence-corrected chi connectivity index (χ0v) is 16.0. The van der Waals surface area contributed by atoms with Crippen molar-refractivity contribution in [1.82, 2.24) is 4.98 Å². The van der Waals surface area contributed by atoms with Crippen molar-refractivity contribution in [2.24, 2.45) is 10.9 Å². The third kappa shape index (κ3) is 4.70. The molecule has 0 atom stereocenters. The first-order valence-electron chi connectivity index (χ1n) is 8.50. The van der Waals surface area contributed by atoms with E-state index < -0.39 is 17.6 Å². The predicted octanol–water partition coefficient (Wildman–Crippen LogP) is 3.47. The number of amidine groups is 1. The summed E-state index contributed by atoms with van der Waals surface area (Å²) in [6.45, 7) is 0. The second-order valence-corrected chi connectivity index (χ2v) is 6.43. The van der Waals surface area contributed by atoms with E-state index in [1.807, 2.05) is 0 Å². The van der Waals surface area contributed by atoms with Crippen LogP contribution in [0, 0.1) is 5.82 Å². The van der Waals surface area contributed by atoms with Crippen LogP contribution in [-0.4, -0.2) is 27.8 Å². The van der Waals surface area contributed by atoms with Gasteiger partial charge in [-0.15, -0.1) is 0 Å². The number of hydrogen-bond acceptors (Lipinski definition) is 5. The van der Waals surface area contributed by atoms with Crippen molar-refractivity contribution >= 4 is 40.8 Å². The number of aromatic nitrogens is 1. The van der Waals surface area contributed by atoms with Crippen LogP contribution >= 0.6 is 11.6 Å². The average molecular weight is 428 g/mol. The molecule has 0 aliphatic carbocycles. The molecule has 0 aliphatic rings. The zero-order valence-electron chi connectivity index (χ0n) is 15.3. The number of rotatable bonds is 5. The van der Waals surface area contributed by atoms with Crippen LogP contribution < -0.4 is 16.4 Å². The van der Waals surface area contributed by atoms with Gasteiger partial charge in [0.15, 0.2) is 5.84 Å². The van der Waals surface area contributed by atoms with Gasteiger partial charge in [-0.05, 0) is 36.4 Å². The van der Waals surface area contributed by atoms with Crippen molar-refractivity contribution < 1.29 is 19.2 Å². The fourth-order valence-electron chi connectivity index (χ4n) is 2.53. The highest BCUT2D eigenvalue weighted by Gasteiger charge is 2.17. The fourth-order valence-corrected chi connectivity index (χ4v) is 2.64. The number of nitrogens with zero attached hydrogens (tertiary/aromatic N) is 2. The number of pyridine rings is 1. The zero-order chi connectivity index (χ0) is 21.7. The lowest BCUT2D eigenvalue weighted by Gasteiger charge is -2.12. The van der Waals surface area contributed by atoms with Gasteiger partial charge in [-0.2, -0.15) is 0 Å². The molecule has 0 bridgehead atoms. The van der Waals surface area contributed by atoms with Crippen LogP contribution in [0.5, 0.6) is 0 Å². The number of anilines is 2. The van der Waals surface area contributed by atoms with Crippen LogP contribution in [-0.2, 0) is 0 Å². The number of halogens is 2. The van der Waals surface area contributed by atoms with Gasteiger partial charge in [-0.25, -0.2) is 9.37 Å². The van der Waals surface area contributed by atoms with E-state index in [2.05, 4.69) is 20.8 Å². The van der Waals surface area contributed by atoms with E-state index in [1.165, 1.54) is 36.5 Å². The van der Waals surface area contributed by atoms with Crippen LogP contribution in [0.25, 0.3) is 0 Å². The highest BCUT2D eigenvalue weighted by molar-refractivity contribution is 6.30. The van der Waals surface area contributed by atoms with Gasteiger partial charge < -0.3 is 21.6 Å². The number of carbonyl (C=O) groups excluding carboxylic acids is 2.